The molecule has 5 nitrogen and oxygen atoms in total. The third kappa shape index (κ3) is 8.12. The maximum absolute atomic E-state index is 10.4. The lowest BCUT2D eigenvalue weighted by Crippen LogP contribution is -2.20. The molecule has 0 radical (unpaired) electrons. The smallest absolute Gasteiger partial charge is 0.328 e. The number of aliphatic hydroxyl groups excluding tert-OH is 1. The van der Waals surface area contributed by atoms with Crippen LogP contribution in [0.2, 0.25) is 0 Å². The van der Waals surface area contributed by atoms with Gasteiger partial charge in [0.2, 0.25) is 0 Å². The molecule has 0 saturated heterocycles. The fourth-order valence-electron chi connectivity index (χ4n) is 1.69. The van der Waals surface area contributed by atoms with E-state index in [2.05, 4.69) is 6.92 Å². The first-order chi connectivity index (χ1) is 10.1. The van der Waals surface area contributed by atoms with Crippen LogP contribution in [0, 0.1) is 0 Å². The summed E-state index contributed by atoms with van der Waals surface area (Å²) in [4.78, 5) is 10.4. The average Bonchev–Trinajstić information content (AvgIpc) is 2.46. The molecule has 1 rings (SSSR count). The van der Waals surface area contributed by atoms with Gasteiger partial charge in [0.25, 0.3) is 0 Å². The fourth-order valence-corrected chi connectivity index (χ4v) is 1.69. The van der Waals surface area contributed by atoms with Crippen LogP contribution in [0.1, 0.15) is 38.2 Å². The van der Waals surface area contributed by atoms with Crippen molar-refractivity contribution < 1.29 is 24.5 Å². The molecule has 0 spiro atoms. The lowest BCUT2D eigenvalue weighted by molar-refractivity contribution is -0.216. The van der Waals surface area contributed by atoms with Crippen LogP contribution < -0.4 is 4.74 Å². The van der Waals surface area contributed by atoms with Gasteiger partial charge in [0, 0.05) is 6.08 Å². The molecule has 1 unspecified atom stereocenters. The second kappa shape index (κ2) is 9.96. The molecule has 0 amide bonds. The summed E-state index contributed by atoms with van der Waals surface area (Å²) in [7, 11) is 0. The first-order valence-corrected chi connectivity index (χ1v) is 7.09. The second-order valence-corrected chi connectivity index (χ2v) is 4.60. The summed E-state index contributed by atoms with van der Waals surface area (Å²) in [5, 5.41) is 18.1. The zero-order chi connectivity index (χ0) is 15.5. The standard InChI is InChI=1S/C16H22O5/c1-2-3-4-5-12-20-16(19)21-14-9-6-13(7-10-14)8-11-15(17)18/h6-11,16,19H,2-5,12H2,1H3,(H,17,18)/b11-8+. The summed E-state index contributed by atoms with van der Waals surface area (Å²) in [6, 6.07) is 6.68. The maximum Gasteiger partial charge on any atom is 0.328 e. The van der Waals surface area contributed by atoms with Crippen molar-refractivity contribution in [2.75, 3.05) is 6.61 Å². The minimum Gasteiger partial charge on any atom is -0.478 e. The molecule has 0 aliphatic rings. The third-order valence-corrected chi connectivity index (χ3v) is 2.79. The van der Waals surface area contributed by atoms with Crippen molar-refractivity contribution in [2.45, 2.75) is 39.1 Å². The van der Waals surface area contributed by atoms with E-state index in [0.717, 1.165) is 37.3 Å². The number of unbranched alkanes of at least 4 members (excludes halogenated alkanes) is 3. The van der Waals surface area contributed by atoms with Gasteiger partial charge in [-0.05, 0) is 30.2 Å². The molecule has 0 aliphatic carbocycles. The Morgan fingerprint density at radius 3 is 2.57 bits per heavy atom. The van der Waals surface area contributed by atoms with E-state index in [-0.39, 0.29) is 0 Å². The van der Waals surface area contributed by atoms with E-state index in [1.54, 1.807) is 24.3 Å². The number of carboxylic acids is 1. The number of aliphatic hydroxyl groups is 1. The van der Waals surface area contributed by atoms with Crippen LogP contribution in [0.4, 0.5) is 0 Å². The molecule has 2 N–H and O–H groups in total. The maximum atomic E-state index is 10.4. The molecule has 1 atom stereocenters. The largest absolute Gasteiger partial charge is 0.478 e. The Labute approximate surface area is 124 Å². The Morgan fingerprint density at radius 2 is 1.95 bits per heavy atom. The number of hydrogen-bond donors (Lipinski definition) is 2. The molecule has 116 valence electrons. The fraction of sp³-hybridized carbons (Fsp3) is 0.438. The molecule has 0 heterocycles. The van der Waals surface area contributed by atoms with Crippen LogP contribution in [0.15, 0.2) is 30.3 Å². The van der Waals surface area contributed by atoms with Gasteiger partial charge < -0.3 is 19.7 Å². The zero-order valence-corrected chi connectivity index (χ0v) is 12.2. The highest BCUT2D eigenvalue weighted by Crippen LogP contribution is 2.15. The Hall–Kier alpha value is -1.85. The topological polar surface area (TPSA) is 76.0 Å². The third-order valence-electron chi connectivity index (χ3n) is 2.79. The quantitative estimate of drug-likeness (QED) is 0.394. The van der Waals surface area contributed by atoms with Crippen molar-refractivity contribution in [3.63, 3.8) is 0 Å². The number of carboxylic acid groups (broad SMARTS) is 1. The van der Waals surface area contributed by atoms with Crippen LogP contribution in [-0.4, -0.2) is 29.3 Å². The predicted molar refractivity (Wildman–Crippen MR) is 79.8 cm³/mol. The predicted octanol–water partition coefficient (Wildman–Crippen LogP) is 3.04. The number of benzene rings is 1. The number of rotatable bonds is 10. The van der Waals surface area contributed by atoms with Gasteiger partial charge >= 0.3 is 12.4 Å². The number of aliphatic carboxylic acids is 1. The Kier molecular flexibility index (Phi) is 8.16. The van der Waals surface area contributed by atoms with Crippen LogP contribution in [-0.2, 0) is 9.53 Å². The minimum absolute atomic E-state index is 0.459. The van der Waals surface area contributed by atoms with Crippen molar-refractivity contribution in [1.82, 2.24) is 0 Å². The van der Waals surface area contributed by atoms with E-state index in [1.807, 2.05) is 0 Å². The highest BCUT2D eigenvalue weighted by molar-refractivity contribution is 5.85. The van der Waals surface area contributed by atoms with Crippen LogP contribution in [0.3, 0.4) is 0 Å². The average molecular weight is 294 g/mol. The van der Waals surface area contributed by atoms with E-state index in [9.17, 15) is 9.90 Å². The Morgan fingerprint density at radius 1 is 1.24 bits per heavy atom. The number of ether oxygens (including phenoxy) is 2. The van der Waals surface area contributed by atoms with Gasteiger partial charge in [0.05, 0.1) is 6.61 Å². The van der Waals surface area contributed by atoms with Crippen molar-refractivity contribution in [3.8, 4) is 5.75 Å². The van der Waals surface area contributed by atoms with Gasteiger partial charge in [-0.3, -0.25) is 0 Å². The number of carbonyl (C=O) groups is 1. The SMILES string of the molecule is CCCCCCOC(O)Oc1ccc(/C=C/C(=O)O)cc1. The zero-order valence-electron chi connectivity index (χ0n) is 12.2. The van der Waals surface area contributed by atoms with Crippen molar-refractivity contribution in [3.05, 3.63) is 35.9 Å². The minimum atomic E-state index is -1.29. The Balaban J connectivity index is 2.32. The Bertz CT molecular complexity index is 438. The van der Waals surface area contributed by atoms with E-state index in [1.165, 1.54) is 6.08 Å². The molecule has 5 heteroatoms. The molecule has 1 aromatic carbocycles. The van der Waals surface area contributed by atoms with Crippen LogP contribution in [0.25, 0.3) is 6.08 Å². The van der Waals surface area contributed by atoms with Gasteiger partial charge in [-0.15, -0.1) is 0 Å². The summed E-state index contributed by atoms with van der Waals surface area (Å²) in [6.45, 7) is 1.31. The summed E-state index contributed by atoms with van der Waals surface area (Å²) in [6.07, 6.45) is 6.82. The lowest BCUT2D eigenvalue weighted by atomic mass is 10.2. The summed E-state index contributed by atoms with van der Waals surface area (Å²) >= 11 is 0. The van der Waals surface area contributed by atoms with Gasteiger partial charge in [0.15, 0.2) is 0 Å². The summed E-state index contributed by atoms with van der Waals surface area (Å²) in [5.74, 6) is -0.536. The van der Waals surface area contributed by atoms with E-state index in [0.29, 0.717) is 12.4 Å². The van der Waals surface area contributed by atoms with Crippen LogP contribution in [0.5, 0.6) is 5.75 Å². The molecule has 21 heavy (non-hydrogen) atoms. The first kappa shape index (κ1) is 17.2. The van der Waals surface area contributed by atoms with Crippen LogP contribution >= 0.6 is 0 Å². The molecule has 0 aliphatic heterocycles. The van der Waals surface area contributed by atoms with Gasteiger partial charge in [-0.2, -0.15) is 0 Å². The monoisotopic (exact) mass is 294 g/mol. The van der Waals surface area contributed by atoms with E-state index >= 15 is 0 Å². The van der Waals surface area contributed by atoms with Crippen molar-refractivity contribution >= 4 is 12.0 Å². The van der Waals surface area contributed by atoms with Gasteiger partial charge in [-0.25, -0.2) is 4.79 Å². The molecule has 0 aromatic heterocycles. The van der Waals surface area contributed by atoms with Gasteiger partial charge in [0.1, 0.15) is 5.75 Å². The second-order valence-electron chi connectivity index (χ2n) is 4.60. The lowest BCUT2D eigenvalue weighted by Gasteiger charge is -2.13. The molecule has 0 saturated carbocycles. The van der Waals surface area contributed by atoms with E-state index < -0.39 is 12.4 Å². The van der Waals surface area contributed by atoms with Crippen molar-refractivity contribution in [2.24, 2.45) is 0 Å². The highest BCUT2D eigenvalue weighted by atomic mass is 16.8. The first-order valence-electron chi connectivity index (χ1n) is 7.09. The summed E-state index contributed by atoms with van der Waals surface area (Å²) < 4.78 is 10.3. The van der Waals surface area contributed by atoms with Gasteiger partial charge in [-0.1, -0.05) is 38.3 Å². The molecular formula is C16H22O5. The molecular weight excluding hydrogens is 272 g/mol. The molecule has 0 fully saturated rings. The number of hydrogen-bond acceptors (Lipinski definition) is 4. The van der Waals surface area contributed by atoms with E-state index in [4.69, 9.17) is 14.6 Å². The molecule has 1 aromatic rings. The normalized spacial score (nSPS) is 12.5. The molecule has 0 bridgehead atoms. The van der Waals surface area contributed by atoms with Crippen molar-refractivity contribution in [1.29, 1.82) is 0 Å². The highest BCUT2D eigenvalue weighted by Gasteiger charge is 2.05. The summed E-state index contributed by atoms with van der Waals surface area (Å²) in [5.41, 5.74) is 0.736.